The van der Waals surface area contributed by atoms with Crippen LogP contribution in [0.2, 0.25) is 5.02 Å². The number of fused-ring (bicyclic) bond motifs is 1. The first-order chi connectivity index (χ1) is 21.8. The second-order valence-electron chi connectivity index (χ2n) is 14.6. The highest BCUT2D eigenvalue weighted by atomic mass is 35.5. The third kappa shape index (κ3) is 5.86. The lowest BCUT2D eigenvalue weighted by Gasteiger charge is -2.49. The second-order valence-corrected chi connectivity index (χ2v) is 15.0. The Hall–Kier alpha value is -3.61. The fourth-order valence-electron chi connectivity index (χ4n) is 7.66. The van der Waals surface area contributed by atoms with Gasteiger partial charge in [0.1, 0.15) is 6.61 Å². The topological polar surface area (TPSA) is 65.1 Å². The number of aryl methyl sites for hydroxylation is 1. The highest BCUT2D eigenvalue weighted by Crippen LogP contribution is 2.55. The molecule has 3 aliphatic rings. The maximum atomic E-state index is 14.1. The first kappa shape index (κ1) is 32.3. The predicted molar refractivity (Wildman–Crippen MR) is 182 cm³/mol. The van der Waals surface area contributed by atoms with Crippen molar-refractivity contribution in [2.24, 2.45) is 10.8 Å². The smallest absolute Gasteiger partial charge is 0.180 e. The molecule has 0 saturated heterocycles. The van der Waals surface area contributed by atoms with Crippen LogP contribution in [0.3, 0.4) is 0 Å². The highest BCUT2D eigenvalue weighted by molar-refractivity contribution is 6.32. The molecule has 1 heterocycles. The minimum absolute atomic E-state index is 0.0738. The van der Waals surface area contributed by atoms with Gasteiger partial charge >= 0.3 is 0 Å². The van der Waals surface area contributed by atoms with Crippen LogP contribution in [0.1, 0.15) is 76.0 Å². The Balaban J connectivity index is 1.47. The van der Waals surface area contributed by atoms with Crippen molar-refractivity contribution in [2.75, 3.05) is 27.4 Å². The van der Waals surface area contributed by atoms with Crippen LogP contribution in [0.5, 0.6) is 11.5 Å². The number of benzene rings is 3. The number of halogens is 1. The molecule has 0 aromatic heterocycles. The lowest BCUT2D eigenvalue weighted by atomic mass is 9.63. The lowest BCUT2D eigenvalue weighted by Crippen LogP contribution is -2.45. The van der Waals surface area contributed by atoms with E-state index in [9.17, 15) is 9.59 Å². The van der Waals surface area contributed by atoms with Gasteiger partial charge in [0.25, 0.3) is 0 Å². The largest absolute Gasteiger partial charge is 0.493 e. The van der Waals surface area contributed by atoms with Crippen LogP contribution < -0.4 is 9.47 Å². The molecule has 0 spiro atoms. The van der Waals surface area contributed by atoms with E-state index in [4.69, 9.17) is 25.8 Å². The number of nitrogens with zero attached hydrogens (tertiary/aromatic N) is 1. The molecule has 3 aromatic carbocycles. The Morgan fingerprint density at radius 1 is 0.870 bits per heavy atom. The van der Waals surface area contributed by atoms with E-state index < -0.39 is 5.92 Å². The van der Waals surface area contributed by atoms with Crippen LogP contribution in [-0.4, -0.2) is 43.8 Å². The summed E-state index contributed by atoms with van der Waals surface area (Å²) in [4.78, 5) is 30.5. The van der Waals surface area contributed by atoms with Gasteiger partial charge in [-0.05, 0) is 64.6 Å². The summed E-state index contributed by atoms with van der Waals surface area (Å²) in [7, 11) is 3.28. The van der Waals surface area contributed by atoms with Crippen molar-refractivity contribution in [1.29, 1.82) is 0 Å². The molecule has 242 valence electrons. The van der Waals surface area contributed by atoms with E-state index in [0.717, 1.165) is 51.7 Å². The standard InChI is InChI=1S/C39H44ClNO5/c1-23-12-13-24-10-8-9-11-26(24)27(23)22-46-37-28(40)16-25(17-33(37)45-7)34-35-29(18-38(2,3)20-31(35)42)41(14-15-44-6)30-19-39(4,5)21-32(43)36(30)34/h8-13,16-17,34H,14-15,18-22H2,1-7H3. The fraction of sp³-hybridized carbons (Fsp3) is 0.436. The zero-order chi connectivity index (χ0) is 33.0. The molecule has 0 unspecified atom stereocenters. The number of hydrogen-bond donors (Lipinski definition) is 0. The molecular formula is C39H44ClNO5. The summed E-state index contributed by atoms with van der Waals surface area (Å²) < 4.78 is 17.8. The van der Waals surface area contributed by atoms with Crippen LogP contribution in [0, 0.1) is 17.8 Å². The van der Waals surface area contributed by atoms with E-state index in [1.54, 1.807) is 14.2 Å². The number of ketones is 2. The van der Waals surface area contributed by atoms with Crippen molar-refractivity contribution in [2.45, 2.75) is 72.8 Å². The lowest BCUT2D eigenvalue weighted by molar-refractivity contribution is -0.119. The summed E-state index contributed by atoms with van der Waals surface area (Å²) in [5, 5.41) is 2.65. The zero-order valence-corrected chi connectivity index (χ0v) is 28.8. The van der Waals surface area contributed by atoms with Crippen molar-refractivity contribution in [3.63, 3.8) is 0 Å². The van der Waals surface area contributed by atoms with Crippen LogP contribution in [-0.2, 0) is 20.9 Å². The minimum Gasteiger partial charge on any atom is -0.493 e. The van der Waals surface area contributed by atoms with E-state index in [-0.39, 0.29) is 22.4 Å². The molecule has 0 radical (unpaired) electrons. The predicted octanol–water partition coefficient (Wildman–Crippen LogP) is 8.72. The molecule has 1 aliphatic heterocycles. The molecule has 0 fully saturated rings. The Morgan fingerprint density at radius 2 is 1.50 bits per heavy atom. The number of ether oxygens (including phenoxy) is 3. The van der Waals surface area contributed by atoms with Gasteiger partial charge in [-0.2, -0.15) is 0 Å². The summed E-state index contributed by atoms with van der Waals surface area (Å²) >= 11 is 7.03. The highest BCUT2D eigenvalue weighted by Gasteiger charge is 2.49. The number of methoxy groups -OCH3 is 2. The molecule has 6 nitrogen and oxygen atoms in total. The number of rotatable bonds is 8. The van der Waals surface area contributed by atoms with Gasteiger partial charge in [-0.25, -0.2) is 0 Å². The monoisotopic (exact) mass is 641 g/mol. The van der Waals surface area contributed by atoms with Crippen molar-refractivity contribution in [1.82, 2.24) is 4.90 Å². The molecule has 2 aliphatic carbocycles. The Kier molecular flexibility index (Phi) is 8.58. The van der Waals surface area contributed by atoms with E-state index in [1.807, 2.05) is 24.3 Å². The van der Waals surface area contributed by atoms with Crippen molar-refractivity contribution in [3.8, 4) is 11.5 Å². The van der Waals surface area contributed by atoms with Crippen LogP contribution in [0.4, 0.5) is 0 Å². The van der Waals surface area contributed by atoms with Crippen molar-refractivity contribution in [3.05, 3.63) is 92.8 Å². The van der Waals surface area contributed by atoms with Crippen LogP contribution in [0.15, 0.2) is 71.1 Å². The third-order valence-electron chi connectivity index (χ3n) is 9.76. The molecule has 6 rings (SSSR count). The Bertz CT molecular complexity index is 1750. The average molecular weight is 642 g/mol. The molecular weight excluding hydrogens is 598 g/mol. The molecule has 0 atom stereocenters. The molecule has 3 aromatic rings. The quantitative estimate of drug-likeness (QED) is 0.245. The average Bonchev–Trinajstić information content (AvgIpc) is 2.98. The van der Waals surface area contributed by atoms with Gasteiger partial charge in [-0.1, -0.05) is 75.7 Å². The zero-order valence-electron chi connectivity index (χ0n) is 28.0. The molecule has 46 heavy (non-hydrogen) atoms. The van der Waals surface area contributed by atoms with Gasteiger partial charge in [-0.3, -0.25) is 9.59 Å². The molecule has 0 amide bonds. The SMILES string of the molecule is COCCN1C2=C(C(=O)CC(C)(C)C2)C(c2cc(Cl)c(OCc3c(C)ccc4ccccc34)c(OC)c2)C2=C1CC(C)(C)CC2=O. The van der Waals surface area contributed by atoms with Gasteiger partial charge in [0.2, 0.25) is 0 Å². The second kappa shape index (κ2) is 12.2. The van der Waals surface area contributed by atoms with Gasteiger partial charge in [0.05, 0.1) is 18.7 Å². The van der Waals surface area contributed by atoms with Gasteiger partial charge in [-0.15, -0.1) is 0 Å². The number of carbonyl (C=O) groups is 2. The molecule has 7 heteroatoms. The van der Waals surface area contributed by atoms with E-state index in [0.29, 0.717) is 60.3 Å². The van der Waals surface area contributed by atoms with Crippen LogP contribution >= 0.6 is 11.6 Å². The number of Topliss-reactive ketones (excluding diaryl/α,β-unsaturated/α-hetero) is 2. The first-order valence-electron chi connectivity index (χ1n) is 16.1. The first-order valence-corrected chi connectivity index (χ1v) is 16.5. The summed E-state index contributed by atoms with van der Waals surface area (Å²) in [5.74, 6) is 0.526. The van der Waals surface area contributed by atoms with E-state index >= 15 is 0 Å². The molecule has 0 bridgehead atoms. The Morgan fingerprint density at radius 3 is 2.11 bits per heavy atom. The van der Waals surface area contributed by atoms with Gasteiger partial charge in [0.15, 0.2) is 23.1 Å². The maximum absolute atomic E-state index is 14.1. The van der Waals surface area contributed by atoms with Crippen LogP contribution in [0.25, 0.3) is 10.8 Å². The summed E-state index contributed by atoms with van der Waals surface area (Å²) in [6.07, 6.45) is 2.30. The Labute approximate surface area is 277 Å². The number of allylic oxidation sites excluding steroid dienone is 4. The van der Waals surface area contributed by atoms with Gasteiger partial charge in [0, 0.05) is 60.5 Å². The summed E-state index contributed by atoms with van der Waals surface area (Å²) in [5.41, 5.74) is 5.95. The fourth-order valence-corrected chi connectivity index (χ4v) is 7.93. The van der Waals surface area contributed by atoms with Crippen molar-refractivity contribution < 1.29 is 23.8 Å². The normalized spacial score (nSPS) is 19.4. The van der Waals surface area contributed by atoms with Gasteiger partial charge < -0.3 is 19.1 Å². The minimum atomic E-state index is -0.531. The van der Waals surface area contributed by atoms with Crippen molar-refractivity contribution >= 4 is 33.9 Å². The maximum Gasteiger partial charge on any atom is 0.180 e. The van der Waals surface area contributed by atoms with E-state index in [1.165, 1.54) is 0 Å². The summed E-state index contributed by atoms with van der Waals surface area (Å²) in [6, 6.07) is 16.2. The molecule has 0 N–H and O–H groups in total. The number of hydrogen-bond acceptors (Lipinski definition) is 6. The molecule has 0 saturated carbocycles. The van der Waals surface area contributed by atoms with E-state index in [2.05, 4.69) is 63.8 Å². The summed E-state index contributed by atoms with van der Waals surface area (Å²) in [6.45, 7) is 12.0. The number of carbonyl (C=O) groups excluding carboxylic acids is 2. The third-order valence-corrected chi connectivity index (χ3v) is 10.0.